The van der Waals surface area contributed by atoms with Crippen molar-refractivity contribution in [2.45, 2.75) is 11.8 Å². The molecule has 0 N–H and O–H groups in total. The molecule has 0 fully saturated rings. The molecular weight excluding hydrogens is 207 g/mol. The predicted octanol–water partition coefficient (Wildman–Crippen LogP) is -1.11. The standard InChI is InChI=1S/C7H7ClO2S.Na/c1-5-2-3-6(8)4-7(5)11(9)10;/h2-4H,1H3,(H,9,10);/q;+1/p-1. The van der Waals surface area contributed by atoms with Crippen LogP contribution in [0.3, 0.4) is 0 Å². The van der Waals surface area contributed by atoms with Gasteiger partial charge in [-0.1, -0.05) is 17.7 Å². The van der Waals surface area contributed by atoms with Crippen molar-refractivity contribution in [1.29, 1.82) is 0 Å². The number of benzene rings is 1. The molecule has 0 aliphatic carbocycles. The van der Waals surface area contributed by atoms with Gasteiger partial charge in [-0.3, -0.25) is 4.21 Å². The topological polar surface area (TPSA) is 40.1 Å². The summed E-state index contributed by atoms with van der Waals surface area (Å²) in [6.07, 6.45) is 0. The fourth-order valence-electron chi connectivity index (χ4n) is 0.753. The van der Waals surface area contributed by atoms with Crippen LogP contribution < -0.4 is 29.6 Å². The zero-order valence-corrected chi connectivity index (χ0v) is 10.4. The molecule has 0 aliphatic heterocycles. The van der Waals surface area contributed by atoms with Crippen LogP contribution in [0.25, 0.3) is 0 Å². The zero-order valence-electron chi connectivity index (χ0n) is 6.83. The van der Waals surface area contributed by atoms with E-state index in [2.05, 4.69) is 0 Å². The quantitative estimate of drug-likeness (QED) is 0.438. The molecular formula is C7H6ClNaO2S. The molecule has 1 aromatic rings. The molecule has 0 saturated carbocycles. The molecule has 0 saturated heterocycles. The van der Waals surface area contributed by atoms with E-state index in [1.54, 1.807) is 19.1 Å². The van der Waals surface area contributed by atoms with Crippen molar-refractivity contribution in [3.63, 3.8) is 0 Å². The molecule has 0 heterocycles. The average Bonchev–Trinajstić information content (AvgIpc) is 1.94. The van der Waals surface area contributed by atoms with E-state index in [1.165, 1.54) is 6.07 Å². The second-order valence-corrected chi connectivity index (χ2v) is 3.49. The second-order valence-electron chi connectivity index (χ2n) is 2.14. The minimum absolute atomic E-state index is 0. The molecule has 1 rings (SSSR count). The van der Waals surface area contributed by atoms with Gasteiger partial charge in [-0.25, -0.2) is 0 Å². The van der Waals surface area contributed by atoms with E-state index in [1.807, 2.05) is 0 Å². The van der Waals surface area contributed by atoms with Crippen molar-refractivity contribution in [1.82, 2.24) is 0 Å². The van der Waals surface area contributed by atoms with Crippen molar-refractivity contribution in [3.8, 4) is 0 Å². The normalized spacial score (nSPS) is 11.9. The van der Waals surface area contributed by atoms with E-state index in [0.717, 1.165) is 0 Å². The van der Waals surface area contributed by atoms with E-state index in [0.29, 0.717) is 10.6 Å². The summed E-state index contributed by atoms with van der Waals surface area (Å²) in [5.41, 5.74) is 0.711. The van der Waals surface area contributed by atoms with Crippen LogP contribution in [-0.2, 0) is 11.1 Å². The minimum atomic E-state index is -2.19. The maximum atomic E-state index is 10.5. The number of rotatable bonds is 1. The van der Waals surface area contributed by atoms with Crippen LogP contribution in [-0.4, -0.2) is 8.76 Å². The molecule has 12 heavy (non-hydrogen) atoms. The van der Waals surface area contributed by atoms with Gasteiger partial charge >= 0.3 is 29.6 Å². The summed E-state index contributed by atoms with van der Waals surface area (Å²) < 4.78 is 21.0. The van der Waals surface area contributed by atoms with Gasteiger partial charge in [0.15, 0.2) is 0 Å². The first-order chi connectivity index (χ1) is 5.11. The van der Waals surface area contributed by atoms with Gasteiger partial charge in [0.25, 0.3) is 0 Å². The van der Waals surface area contributed by atoms with Crippen LogP contribution in [0.5, 0.6) is 0 Å². The van der Waals surface area contributed by atoms with Gasteiger partial charge in [0.05, 0.1) is 0 Å². The van der Waals surface area contributed by atoms with Gasteiger partial charge in [-0.05, 0) is 35.7 Å². The van der Waals surface area contributed by atoms with E-state index in [-0.39, 0.29) is 34.5 Å². The first-order valence-electron chi connectivity index (χ1n) is 2.96. The van der Waals surface area contributed by atoms with Crippen LogP contribution in [0.4, 0.5) is 0 Å². The second kappa shape index (κ2) is 5.37. The molecule has 0 aromatic heterocycles. The summed E-state index contributed by atoms with van der Waals surface area (Å²) in [5, 5.41) is 0.440. The van der Waals surface area contributed by atoms with Crippen molar-refractivity contribution < 1.29 is 38.3 Å². The summed E-state index contributed by atoms with van der Waals surface area (Å²) in [5.74, 6) is 0. The Morgan fingerprint density at radius 2 is 2.08 bits per heavy atom. The van der Waals surface area contributed by atoms with Crippen LogP contribution in [0.2, 0.25) is 5.02 Å². The molecule has 1 unspecified atom stereocenters. The fourth-order valence-corrected chi connectivity index (χ4v) is 1.54. The van der Waals surface area contributed by atoms with Gasteiger partial charge in [0, 0.05) is 9.92 Å². The van der Waals surface area contributed by atoms with Crippen molar-refractivity contribution in [3.05, 3.63) is 28.8 Å². The smallest absolute Gasteiger partial charge is 0.768 e. The Morgan fingerprint density at radius 1 is 1.50 bits per heavy atom. The average molecular weight is 213 g/mol. The Hall–Kier alpha value is 0.620. The summed E-state index contributed by atoms with van der Waals surface area (Å²) in [4.78, 5) is 0.262. The number of hydrogen-bond donors (Lipinski definition) is 0. The number of halogens is 1. The Bertz CT molecular complexity index is 303. The summed E-state index contributed by atoms with van der Waals surface area (Å²) in [6, 6.07) is 4.76. The van der Waals surface area contributed by atoms with Gasteiger partial charge in [0.2, 0.25) is 0 Å². The summed E-state index contributed by atoms with van der Waals surface area (Å²) in [6.45, 7) is 1.72. The maximum absolute atomic E-state index is 10.5. The van der Waals surface area contributed by atoms with Crippen LogP contribution in [0, 0.1) is 6.92 Å². The Balaban J connectivity index is 0.00000121. The fraction of sp³-hybridized carbons (Fsp3) is 0.143. The van der Waals surface area contributed by atoms with E-state index in [4.69, 9.17) is 11.6 Å². The third-order valence-electron chi connectivity index (χ3n) is 1.33. The molecule has 0 amide bonds. The Labute approximate surface area is 101 Å². The van der Waals surface area contributed by atoms with Gasteiger partial charge < -0.3 is 4.55 Å². The molecule has 1 atom stereocenters. The molecule has 0 bridgehead atoms. The summed E-state index contributed by atoms with van der Waals surface area (Å²) in [7, 11) is 0. The molecule has 5 heteroatoms. The summed E-state index contributed by atoms with van der Waals surface area (Å²) >= 11 is 3.40. The van der Waals surface area contributed by atoms with E-state index < -0.39 is 11.1 Å². The van der Waals surface area contributed by atoms with Gasteiger partial charge in [-0.2, -0.15) is 0 Å². The van der Waals surface area contributed by atoms with Crippen LogP contribution in [0.15, 0.2) is 23.1 Å². The van der Waals surface area contributed by atoms with Crippen molar-refractivity contribution in [2.75, 3.05) is 0 Å². The molecule has 2 nitrogen and oxygen atoms in total. The monoisotopic (exact) mass is 212 g/mol. The largest absolute Gasteiger partial charge is 1.00 e. The van der Waals surface area contributed by atoms with Crippen LogP contribution in [0.1, 0.15) is 5.56 Å². The van der Waals surface area contributed by atoms with Crippen molar-refractivity contribution >= 4 is 22.7 Å². The first-order valence-corrected chi connectivity index (χ1v) is 4.42. The van der Waals surface area contributed by atoms with Gasteiger partial charge in [0.1, 0.15) is 0 Å². The predicted molar refractivity (Wildman–Crippen MR) is 43.4 cm³/mol. The SMILES string of the molecule is Cc1ccc(Cl)cc1S(=O)[O-].[Na+]. The zero-order chi connectivity index (χ0) is 8.43. The molecule has 0 spiro atoms. The molecule has 0 radical (unpaired) electrons. The minimum Gasteiger partial charge on any atom is -0.768 e. The first kappa shape index (κ1) is 12.6. The Morgan fingerprint density at radius 3 is 2.50 bits per heavy atom. The third-order valence-corrected chi connectivity index (χ3v) is 2.36. The number of hydrogen-bond acceptors (Lipinski definition) is 2. The van der Waals surface area contributed by atoms with Crippen LogP contribution >= 0.6 is 11.6 Å². The van der Waals surface area contributed by atoms with Gasteiger partial charge in [-0.15, -0.1) is 0 Å². The molecule has 60 valence electrons. The Kier molecular flexibility index (Phi) is 5.65. The third kappa shape index (κ3) is 3.17. The molecule has 0 aliphatic rings. The van der Waals surface area contributed by atoms with Crippen molar-refractivity contribution in [2.24, 2.45) is 0 Å². The number of aryl methyl sites for hydroxylation is 1. The van der Waals surface area contributed by atoms with E-state index >= 15 is 0 Å². The van der Waals surface area contributed by atoms with E-state index in [9.17, 15) is 8.76 Å². The maximum Gasteiger partial charge on any atom is 1.00 e. The molecule has 1 aromatic carbocycles.